The Hall–Kier alpha value is -2.93. The SMILES string of the molecule is C[C@H](CC(=O)NCc1coc(-c2cccs2)n1)NC(=O)c1ccccc1. The van der Waals surface area contributed by atoms with E-state index in [9.17, 15) is 9.59 Å². The molecule has 2 N–H and O–H groups in total. The summed E-state index contributed by atoms with van der Waals surface area (Å²) >= 11 is 1.54. The van der Waals surface area contributed by atoms with Crippen LogP contribution in [0.3, 0.4) is 0 Å². The normalized spacial score (nSPS) is 11.7. The van der Waals surface area contributed by atoms with E-state index >= 15 is 0 Å². The highest BCUT2D eigenvalue weighted by molar-refractivity contribution is 7.13. The summed E-state index contributed by atoms with van der Waals surface area (Å²) in [6.45, 7) is 2.08. The summed E-state index contributed by atoms with van der Waals surface area (Å²) in [6.07, 6.45) is 1.73. The summed E-state index contributed by atoms with van der Waals surface area (Å²) in [5.41, 5.74) is 1.23. The van der Waals surface area contributed by atoms with Crippen molar-refractivity contribution in [3.8, 4) is 10.8 Å². The molecule has 0 aliphatic carbocycles. The molecule has 0 aliphatic heterocycles. The summed E-state index contributed by atoms with van der Waals surface area (Å²) in [7, 11) is 0. The predicted octanol–water partition coefficient (Wildman–Crippen LogP) is 3.23. The van der Waals surface area contributed by atoms with Crippen LogP contribution in [0.2, 0.25) is 0 Å². The first kappa shape index (κ1) is 17.9. The highest BCUT2D eigenvalue weighted by Crippen LogP contribution is 2.23. The van der Waals surface area contributed by atoms with Crippen LogP contribution in [-0.4, -0.2) is 22.8 Å². The number of hydrogen-bond donors (Lipinski definition) is 2. The number of benzene rings is 1. The molecule has 1 aromatic carbocycles. The van der Waals surface area contributed by atoms with Crippen LogP contribution in [0.25, 0.3) is 10.8 Å². The van der Waals surface area contributed by atoms with E-state index in [2.05, 4.69) is 15.6 Å². The third-order valence-electron chi connectivity index (χ3n) is 3.66. The molecule has 3 rings (SSSR count). The quantitative estimate of drug-likeness (QED) is 0.670. The van der Waals surface area contributed by atoms with E-state index in [4.69, 9.17) is 4.42 Å². The summed E-state index contributed by atoms with van der Waals surface area (Å²) in [5.74, 6) is 0.197. The maximum Gasteiger partial charge on any atom is 0.251 e. The minimum Gasteiger partial charge on any atom is -0.443 e. The standard InChI is InChI=1S/C19H19N3O3S/c1-13(21-18(24)14-6-3-2-4-7-14)10-17(23)20-11-15-12-25-19(22-15)16-8-5-9-26-16/h2-9,12-13H,10-11H2,1H3,(H,20,23)(H,21,24)/t13-/m1/s1. The fraction of sp³-hybridized carbons (Fsp3) is 0.211. The van der Waals surface area contributed by atoms with Gasteiger partial charge in [0.25, 0.3) is 5.91 Å². The Kier molecular flexibility index (Phi) is 5.80. The monoisotopic (exact) mass is 369 g/mol. The highest BCUT2D eigenvalue weighted by Gasteiger charge is 2.14. The van der Waals surface area contributed by atoms with Gasteiger partial charge >= 0.3 is 0 Å². The van der Waals surface area contributed by atoms with Crippen molar-refractivity contribution in [1.82, 2.24) is 15.6 Å². The van der Waals surface area contributed by atoms with Crippen LogP contribution in [0, 0.1) is 0 Å². The van der Waals surface area contributed by atoms with Crippen molar-refractivity contribution in [3.63, 3.8) is 0 Å². The van der Waals surface area contributed by atoms with Crippen molar-refractivity contribution >= 4 is 23.2 Å². The van der Waals surface area contributed by atoms with E-state index in [-0.39, 0.29) is 30.8 Å². The van der Waals surface area contributed by atoms with Gasteiger partial charge in [-0.3, -0.25) is 9.59 Å². The Morgan fingerprint density at radius 3 is 2.73 bits per heavy atom. The number of hydrogen-bond acceptors (Lipinski definition) is 5. The smallest absolute Gasteiger partial charge is 0.251 e. The first-order valence-electron chi connectivity index (χ1n) is 8.22. The average molecular weight is 369 g/mol. The molecule has 0 bridgehead atoms. The minimum atomic E-state index is -0.276. The molecule has 134 valence electrons. The lowest BCUT2D eigenvalue weighted by Crippen LogP contribution is -2.37. The number of thiophene rings is 1. The van der Waals surface area contributed by atoms with Gasteiger partial charge in [0.05, 0.1) is 17.1 Å². The largest absolute Gasteiger partial charge is 0.443 e. The van der Waals surface area contributed by atoms with Crippen LogP contribution >= 0.6 is 11.3 Å². The van der Waals surface area contributed by atoms with Crippen LogP contribution in [0.15, 0.2) is 58.5 Å². The number of nitrogens with one attached hydrogen (secondary N) is 2. The molecule has 1 atom stereocenters. The number of carbonyl (C=O) groups excluding carboxylic acids is 2. The van der Waals surface area contributed by atoms with Gasteiger partial charge in [-0.25, -0.2) is 4.98 Å². The Morgan fingerprint density at radius 2 is 2.00 bits per heavy atom. The zero-order valence-corrected chi connectivity index (χ0v) is 15.1. The number of aromatic nitrogens is 1. The van der Waals surface area contributed by atoms with Crippen molar-refractivity contribution in [3.05, 3.63) is 65.4 Å². The van der Waals surface area contributed by atoms with Crippen molar-refractivity contribution in [2.45, 2.75) is 25.9 Å². The Labute approximate surface area is 155 Å². The summed E-state index contributed by atoms with van der Waals surface area (Å²) < 4.78 is 5.42. The molecule has 0 radical (unpaired) electrons. The molecule has 0 saturated carbocycles. The lowest BCUT2D eigenvalue weighted by Gasteiger charge is -2.13. The van der Waals surface area contributed by atoms with Crippen LogP contribution in [0.4, 0.5) is 0 Å². The van der Waals surface area contributed by atoms with Gasteiger partial charge < -0.3 is 15.1 Å². The number of nitrogens with zero attached hydrogens (tertiary/aromatic N) is 1. The van der Waals surface area contributed by atoms with E-state index in [0.717, 1.165) is 4.88 Å². The summed E-state index contributed by atoms with van der Waals surface area (Å²) in [4.78, 5) is 29.4. The van der Waals surface area contributed by atoms with Gasteiger partial charge in [0, 0.05) is 18.0 Å². The third-order valence-corrected chi connectivity index (χ3v) is 4.51. The summed E-state index contributed by atoms with van der Waals surface area (Å²) in [5, 5.41) is 7.56. The van der Waals surface area contributed by atoms with E-state index in [1.165, 1.54) is 6.26 Å². The first-order valence-corrected chi connectivity index (χ1v) is 9.10. The van der Waals surface area contributed by atoms with E-state index in [1.54, 1.807) is 42.5 Å². The molecule has 2 aromatic heterocycles. The molecule has 0 aliphatic rings. The van der Waals surface area contributed by atoms with Crippen molar-refractivity contribution in [2.24, 2.45) is 0 Å². The molecular weight excluding hydrogens is 350 g/mol. The van der Waals surface area contributed by atoms with Crippen molar-refractivity contribution < 1.29 is 14.0 Å². The molecule has 0 fully saturated rings. The second-order valence-electron chi connectivity index (χ2n) is 5.84. The topological polar surface area (TPSA) is 84.2 Å². The van der Waals surface area contributed by atoms with Gasteiger partial charge in [-0.05, 0) is 30.5 Å². The fourth-order valence-corrected chi connectivity index (χ4v) is 3.04. The zero-order chi connectivity index (χ0) is 18.4. The van der Waals surface area contributed by atoms with Crippen LogP contribution in [-0.2, 0) is 11.3 Å². The van der Waals surface area contributed by atoms with Gasteiger partial charge in [-0.2, -0.15) is 0 Å². The molecule has 7 heteroatoms. The zero-order valence-electron chi connectivity index (χ0n) is 14.3. The van der Waals surface area contributed by atoms with Crippen molar-refractivity contribution in [2.75, 3.05) is 0 Å². The lowest BCUT2D eigenvalue weighted by atomic mass is 10.1. The Balaban J connectivity index is 1.44. The van der Waals surface area contributed by atoms with Gasteiger partial charge in [0.2, 0.25) is 11.8 Å². The van der Waals surface area contributed by atoms with Crippen LogP contribution in [0.5, 0.6) is 0 Å². The molecule has 0 spiro atoms. The second-order valence-corrected chi connectivity index (χ2v) is 6.79. The lowest BCUT2D eigenvalue weighted by molar-refractivity contribution is -0.121. The first-order chi connectivity index (χ1) is 12.6. The number of amides is 2. The van der Waals surface area contributed by atoms with Gasteiger partial charge in [0.15, 0.2) is 0 Å². The van der Waals surface area contributed by atoms with Gasteiger partial charge in [-0.1, -0.05) is 24.3 Å². The van der Waals surface area contributed by atoms with E-state index in [0.29, 0.717) is 17.1 Å². The second kappa shape index (κ2) is 8.44. The molecular formula is C19H19N3O3S. The predicted molar refractivity (Wildman–Crippen MR) is 99.6 cm³/mol. The molecule has 3 aromatic rings. The summed E-state index contributed by atoms with van der Waals surface area (Å²) in [6, 6.07) is 12.5. The number of rotatable bonds is 7. The fourth-order valence-electron chi connectivity index (χ4n) is 2.39. The maximum atomic E-state index is 12.1. The molecule has 2 heterocycles. The Morgan fingerprint density at radius 1 is 1.19 bits per heavy atom. The van der Waals surface area contributed by atoms with Crippen LogP contribution < -0.4 is 10.6 Å². The number of oxazole rings is 1. The number of carbonyl (C=O) groups is 2. The van der Waals surface area contributed by atoms with Gasteiger partial charge in [0.1, 0.15) is 6.26 Å². The molecule has 6 nitrogen and oxygen atoms in total. The highest BCUT2D eigenvalue weighted by atomic mass is 32.1. The average Bonchev–Trinajstić information content (AvgIpc) is 3.32. The molecule has 2 amide bonds. The third kappa shape index (κ3) is 4.80. The van der Waals surface area contributed by atoms with E-state index in [1.807, 2.05) is 23.6 Å². The van der Waals surface area contributed by atoms with Crippen molar-refractivity contribution in [1.29, 1.82) is 0 Å². The Bertz CT molecular complexity index is 859. The van der Waals surface area contributed by atoms with E-state index < -0.39 is 0 Å². The molecule has 0 saturated heterocycles. The van der Waals surface area contributed by atoms with Gasteiger partial charge in [-0.15, -0.1) is 11.3 Å². The molecule has 0 unspecified atom stereocenters. The van der Waals surface area contributed by atoms with Crippen LogP contribution in [0.1, 0.15) is 29.4 Å². The molecule has 26 heavy (non-hydrogen) atoms. The minimum absolute atomic E-state index is 0.161. The maximum absolute atomic E-state index is 12.1.